The molecule has 0 atom stereocenters. The average molecular weight is 238 g/mol. The van der Waals surface area contributed by atoms with Crippen molar-refractivity contribution >= 4 is 6.03 Å². The summed E-state index contributed by atoms with van der Waals surface area (Å²) in [6.07, 6.45) is 4.27. The Labute approximate surface area is 100 Å². The van der Waals surface area contributed by atoms with E-state index in [0.717, 1.165) is 25.0 Å². The van der Waals surface area contributed by atoms with Crippen LogP contribution in [0.5, 0.6) is 0 Å². The molecule has 6 heteroatoms. The second-order valence-electron chi connectivity index (χ2n) is 4.56. The van der Waals surface area contributed by atoms with Crippen LogP contribution in [0.2, 0.25) is 0 Å². The van der Waals surface area contributed by atoms with Crippen molar-refractivity contribution in [1.82, 2.24) is 20.4 Å². The third-order valence-corrected chi connectivity index (χ3v) is 3.21. The Bertz CT molecular complexity index is 398. The monoisotopic (exact) mass is 238 g/mol. The maximum absolute atomic E-state index is 11.5. The Morgan fingerprint density at radius 2 is 2.35 bits per heavy atom. The largest absolute Gasteiger partial charge is 0.388 e. The van der Waals surface area contributed by atoms with Crippen LogP contribution in [0.25, 0.3) is 0 Å². The highest BCUT2D eigenvalue weighted by Gasteiger charge is 2.34. The third-order valence-electron chi connectivity index (χ3n) is 3.21. The van der Waals surface area contributed by atoms with Crippen LogP contribution in [0, 0.1) is 0 Å². The number of urea groups is 1. The van der Waals surface area contributed by atoms with Crippen LogP contribution in [0.15, 0.2) is 12.3 Å². The average Bonchev–Trinajstić information content (AvgIpc) is 2.67. The molecular formula is C11H18N4O2. The van der Waals surface area contributed by atoms with Crippen molar-refractivity contribution in [2.45, 2.75) is 31.4 Å². The first-order valence-corrected chi connectivity index (χ1v) is 5.80. The summed E-state index contributed by atoms with van der Waals surface area (Å²) in [5, 5.41) is 19.2. The van der Waals surface area contributed by atoms with Crippen LogP contribution in [-0.4, -0.2) is 33.1 Å². The van der Waals surface area contributed by atoms with E-state index in [1.54, 1.807) is 10.9 Å². The molecule has 1 fully saturated rings. The molecule has 17 heavy (non-hydrogen) atoms. The van der Waals surface area contributed by atoms with Gasteiger partial charge in [0.2, 0.25) is 0 Å². The van der Waals surface area contributed by atoms with Crippen LogP contribution in [0.3, 0.4) is 0 Å². The smallest absolute Gasteiger partial charge is 0.315 e. The predicted octanol–water partition coefficient (Wildman–Crippen LogP) is 0.134. The Morgan fingerprint density at radius 3 is 2.88 bits per heavy atom. The Balaban J connectivity index is 1.69. The van der Waals surface area contributed by atoms with Crippen molar-refractivity contribution in [2.24, 2.45) is 7.05 Å². The fourth-order valence-corrected chi connectivity index (χ4v) is 1.81. The lowest BCUT2D eigenvalue weighted by Crippen LogP contribution is -2.50. The zero-order chi connectivity index (χ0) is 12.3. The van der Waals surface area contributed by atoms with Gasteiger partial charge in [-0.15, -0.1) is 0 Å². The Kier molecular flexibility index (Phi) is 3.33. The molecule has 0 aliphatic heterocycles. The topological polar surface area (TPSA) is 79.2 Å². The molecule has 1 aromatic rings. The Morgan fingerprint density at radius 1 is 1.59 bits per heavy atom. The Hall–Kier alpha value is -1.56. The van der Waals surface area contributed by atoms with Gasteiger partial charge in [0.15, 0.2) is 0 Å². The minimum atomic E-state index is -0.677. The first kappa shape index (κ1) is 11.9. The molecule has 0 spiro atoms. The summed E-state index contributed by atoms with van der Waals surface area (Å²) in [6.45, 7) is 0.755. The van der Waals surface area contributed by atoms with Gasteiger partial charge in [0.25, 0.3) is 0 Å². The van der Waals surface area contributed by atoms with E-state index < -0.39 is 5.60 Å². The summed E-state index contributed by atoms with van der Waals surface area (Å²) in [5.74, 6) is 0. The van der Waals surface area contributed by atoms with E-state index in [0.29, 0.717) is 13.1 Å². The van der Waals surface area contributed by atoms with Crippen LogP contribution in [0.4, 0.5) is 4.79 Å². The van der Waals surface area contributed by atoms with Gasteiger partial charge in [-0.2, -0.15) is 5.10 Å². The molecule has 94 valence electrons. The summed E-state index contributed by atoms with van der Waals surface area (Å²) >= 11 is 0. The number of hydrogen-bond acceptors (Lipinski definition) is 3. The lowest BCUT2D eigenvalue weighted by Gasteiger charge is -2.36. The number of amides is 2. The van der Waals surface area contributed by atoms with Gasteiger partial charge in [0, 0.05) is 19.8 Å². The van der Waals surface area contributed by atoms with E-state index in [9.17, 15) is 9.90 Å². The molecule has 2 amide bonds. The normalized spacial score (nSPS) is 17.3. The second-order valence-corrected chi connectivity index (χ2v) is 4.56. The number of aromatic nitrogens is 2. The van der Waals surface area contributed by atoms with Crippen LogP contribution in [0.1, 0.15) is 25.0 Å². The third kappa shape index (κ3) is 2.97. The molecule has 1 aliphatic carbocycles. The number of carbonyl (C=O) groups is 1. The molecule has 0 bridgehead atoms. The quantitative estimate of drug-likeness (QED) is 0.698. The minimum absolute atomic E-state index is 0.258. The minimum Gasteiger partial charge on any atom is -0.388 e. The van der Waals surface area contributed by atoms with E-state index in [2.05, 4.69) is 15.7 Å². The number of nitrogens with one attached hydrogen (secondary N) is 2. The number of hydrogen-bond donors (Lipinski definition) is 3. The summed E-state index contributed by atoms with van der Waals surface area (Å²) in [6, 6.07) is 1.59. The van der Waals surface area contributed by atoms with Crippen molar-refractivity contribution in [3.63, 3.8) is 0 Å². The summed E-state index contributed by atoms with van der Waals surface area (Å²) in [7, 11) is 1.83. The van der Waals surface area contributed by atoms with Crippen molar-refractivity contribution in [1.29, 1.82) is 0 Å². The van der Waals surface area contributed by atoms with E-state index >= 15 is 0 Å². The number of carbonyl (C=O) groups excluding carboxylic acids is 1. The zero-order valence-corrected chi connectivity index (χ0v) is 9.94. The van der Waals surface area contributed by atoms with Gasteiger partial charge >= 0.3 is 6.03 Å². The maximum atomic E-state index is 11.5. The van der Waals surface area contributed by atoms with Gasteiger partial charge in [-0.3, -0.25) is 4.68 Å². The molecule has 6 nitrogen and oxygen atoms in total. The maximum Gasteiger partial charge on any atom is 0.315 e. The molecule has 1 heterocycles. The van der Waals surface area contributed by atoms with Crippen molar-refractivity contribution in [3.05, 3.63) is 18.0 Å². The molecule has 2 rings (SSSR count). The molecule has 0 radical (unpaired) electrons. The number of nitrogens with zero attached hydrogens (tertiary/aromatic N) is 2. The highest BCUT2D eigenvalue weighted by Crippen LogP contribution is 2.30. The number of rotatable bonds is 4. The van der Waals surface area contributed by atoms with Gasteiger partial charge in [-0.1, -0.05) is 0 Å². The molecule has 1 aliphatic rings. The molecular weight excluding hydrogens is 220 g/mol. The predicted molar refractivity (Wildman–Crippen MR) is 62.2 cm³/mol. The molecule has 1 saturated carbocycles. The fraction of sp³-hybridized carbons (Fsp3) is 0.636. The second kappa shape index (κ2) is 4.75. The standard InChI is InChI=1S/C11H18N4O2/c1-15-9(3-6-14-15)7-12-10(16)13-8-11(17)4-2-5-11/h3,6,17H,2,4-5,7-8H2,1H3,(H2,12,13,16). The van der Waals surface area contributed by atoms with E-state index in [1.165, 1.54) is 0 Å². The van der Waals surface area contributed by atoms with Crippen LogP contribution < -0.4 is 10.6 Å². The van der Waals surface area contributed by atoms with E-state index in [4.69, 9.17) is 0 Å². The van der Waals surface area contributed by atoms with Gasteiger partial charge in [-0.25, -0.2) is 4.79 Å². The SMILES string of the molecule is Cn1nccc1CNC(=O)NCC1(O)CCC1. The molecule has 3 N–H and O–H groups in total. The lowest BCUT2D eigenvalue weighted by molar-refractivity contribution is -0.0290. The van der Waals surface area contributed by atoms with Gasteiger partial charge in [0.1, 0.15) is 0 Å². The van der Waals surface area contributed by atoms with Crippen LogP contribution in [-0.2, 0) is 13.6 Å². The lowest BCUT2D eigenvalue weighted by atomic mass is 9.80. The van der Waals surface area contributed by atoms with Crippen molar-refractivity contribution < 1.29 is 9.90 Å². The summed E-state index contributed by atoms with van der Waals surface area (Å²) in [4.78, 5) is 11.5. The van der Waals surface area contributed by atoms with Gasteiger partial charge in [0.05, 0.1) is 17.8 Å². The molecule has 0 unspecified atom stereocenters. The number of aliphatic hydroxyl groups is 1. The fourth-order valence-electron chi connectivity index (χ4n) is 1.81. The first-order valence-electron chi connectivity index (χ1n) is 5.80. The summed E-state index contributed by atoms with van der Waals surface area (Å²) in [5.41, 5.74) is 0.256. The molecule has 1 aromatic heterocycles. The van der Waals surface area contributed by atoms with Gasteiger partial charge in [-0.05, 0) is 25.3 Å². The van der Waals surface area contributed by atoms with Crippen LogP contribution >= 0.6 is 0 Å². The summed E-state index contributed by atoms with van der Waals surface area (Å²) < 4.78 is 1.71. The number of aryl methyl sites for hydroxylation is 1. The van der Waals surface area contributed by atoms with E-state index in [-0.39, 0.29) is 6.03 Å². The van der Waals surface area contributed by atoms with E-state index in [1.807, 2.05) is 13.1 Å². The zero-order valence-electron chi connectivity index (χ0n) is 9.94. The molecule has 0 saturated heterocycles. The van der Waals surface area contributed by atoms with Crippen molar-refractivity contribution in [2.75, 3.05) is 6.54 Å². The highest BCUT2D eigenvalue weighted by molar-refractivity contribution is 5.73. The highest BCUT2D eigenvalue weighted by atomic mass is 16.3. The van der Waals surface area contributed by atoms with Crippen molar-refractivity contribution in [3.8, 4) is 0 Å². The van der Waals surface area contributed by atoms with Gasteiger partial charge < -0.3 is 15.7 Å². The molecule has 0 aromatic carbocycles. The first-order chi connectivity index (χ1) is 8.09.